The average molecular weight is 374 g/mol. The van der Waals surface area contributed by atoms with Gasteiger partial charge in [0.05, 0.1) is 10.8 Å². The quantitative estimate of drug-likeness (QED) is 0.452. The topological polar surface area (TPSA) is 74.2 Å². The van der Waals surface area contributed by atoms with E-state index >= 15 is 0 Å². The smallest absolute Gasteiger partial charge is 0.277 e. The molecule has 0 aliphatic heterocycles. The summed E-state index contributed by atoms with van der Waals surface area (Å²) in [5.41, 5.74) is 1.59. The molecule has 4 rings (SSSR count). The van der Waals surface area contributed by atoms with Crippen molar-refractivity contribution in [3.8, 4) is 5.75 Å². The number of thioether (sulfide) groups is 1. The Morgan fingerprint density at radius 2 is 1.80 bits per heavy atom. The molecule has 0 unspecified atom stereocenters. The first-order chi connectivity index (χ1) is 12.3. The summed E-state index contributed by atoms with van der Waals surface area (Å²) in [6, 6.07) is 14.8. The van der Waals surface area contributed by atoms with E-state index in [-0.39, 0.29) is 6.61 Å². The predicted molar refractivity (Wildman–Crippen MR) is 93.7 cm³/mol. The molecule has 8 heteroatoms. The molecular weight excluding hydrogens is 362 g/mol. The van der Waals surface area contributed by atoms with Gasteiger partial charge in [0.2, 0.25) is 5.89 Å². The minimum atomic E-state index is 0.153. The third-order valence-corrected chi connectivity index (χ3v) is 4.41. The second kappa shape index (κ2) is 7.16. The third kappa shape index (κ3) is 3.78. The molecule has 6 nitrogen and oxygen atoms in total. The highest BCUT2D eigenvalue weighted by atomic mass is 35.5. The largest absolute Gasteiger partial charge is 0.482 e. The molecule has 0 saturated carbocycles. The van der Waals surface area contributed by atoms with Crippen molar-refractivity contribution in [3.63, 3.8) is 0 Å². The van der Waals surface area contributed by atoms with Gasteiger partial charge in [0.15, 0.2) is 12.2 Å². The summed E-state index contributed by atoms with van der Waals surface area (Å²) >= 11 is 7.39. The zero-order valence-corrected chi connectivity index (χ0v) is 14.5. The molecule has 0 saturated heterocycles. The summed E-state index contributed by atoms with van der Waals surface area (Å²) in [5.74, 6) is 2.06. The number of fused-ring (bicyclic) bond motifs is 1. The van der Waals surface area contributed by atoms with E-state index in [1.165, 1.54) is 11.8 Å². The van der Waals surface area contributed by atoms with Crippen molar-refractivity contribution in [1.29, 1.82) is 0 Å². The van der Waals surface area contributed by atoms with Crippen LogP contribution in [0.1, 0.15) is 11.8 Å². The zero-order valence-electron chi connectivity index (χ0n) is 12.9. The van der Waals surface area contributed by atoms with Crippen LogP contribution in [0, 0.1) is 0 Å². The minimum Gasteiger partial charge on any atom is -0.482 e. The molecule has 0 aliphatic carbocycles. The van der Waals surface area contributed by atoms with Gasteiger partial charge in [0, 0.05) is 0 Å². The minimum absolute atomic E-state index is 0.153. The molecule has 4 aromatic rings. The van der Waals surface area contributed by atoms with Gasteiger partial charge in [-0.05, 0) is 24.3 Å². The van der Waals surface area contributed by atoms with Crippen LogP contribution in [0.4, 0.5) is 0 Å². The van der Waals surface area contributed by atoms with Crippen LogP contribution in [0.25, 0.3) is 11.1 Å². The number of benzene rings is 2. The number of ether oxygens (including phenoxy) is 1. The number of aromatic nitrogens is 3. The van der Waals surface area contributed by atoms with Gasteiger partial charge in [-0.25, -0.2) is 4.98 Å². The standard InChI is InChI=1S/C17H12ClN3O3S/c18-11-5-1-3-7-13(11)22-9-15-20-21-17(24-15)25-10-16-19-12-6-2-4-8-14(12)23-16/h1-8H,9-10H2. The van der Waals surface area contributed by atoms with Gasteiger partial charge >= 0.3 is 0 Å². The van der Waals surface area contributed by atoms with Gasteiger partial charge in [0.25, 0.3) is 11.1 Å². The maximum Gasteiger partial charge on any atom is 0.277 e. The van der Waals surface area contributed by atoms with Crippen molar-refractivity contribution in [2.45, 2.75) is 17.6 Å². The molecular formula is C17H12ClN3O3S. The van der Waals surface area contributed by atoms with Crippen molar-refractivity contribution in [2.24, 2.45) is 0 Å². The Morgan fingerprint density at radius 1 is 0.960 bits per heavy atom. The maximum atomic E-state index is 6.03. The molecule has 0 aliphatic rings. The fourth-order valence-corrected chi connectivity index (χ4v) is 2.98. The summed E-state index contributed by atoms with van der Waals surface area (Å²) in [4.78, 5) is 4.40. The lowest BCUT2D eigenvalue weighted by Gasteiger charge is -2.04. The third-order valence-electron chi connectivity index (χ3n) is 3.29. The highest BCUT2D eigenvalue weighted by Crippen LogP contribution is 2.26. The zero-order chi connectivity index (χ0) is 17.1. The Bertz CT molecular complexity index is 968. The van der Waals surface area contributed by atoms with Gasteiger partial charge in [-0.2, -0.15) is 0 Å². The molecule has 0 fully saturated rings. The van der Waals surface area contributed by atoms with E-state index < -0.39 is 0 Å². The number of nitrogens with zero attached hydrogens (tertiary/aromatic N) is 3. The molecule has 0 bridgehead atoms. The normalized spacial score (nSPS) is 11.1. The van der Waals surface area contributed by atoms with E-state index in [1.54, 1.807) is 12.1 Å². The number of halogens is 1. The van der Waals surface area contributed by atoms with Gasteiger partial charge in [-0.3, -0.25) is 0 Å². The Labute approximate surface area is 152 Å². The molecule has 2 aromatic carbocycles. The van der Waals surface area contributed by atoms with Crippen LogP contribution >= 0.6 is 23.4 Å². The lowest BCUT2D eigenvalue weighted by atomic mass is 10.3. The summed E-state index contributed by atoms with van der Waals surface area (Å²) in [6.45, 7) is 0.153. The van der Waals surface area contributed by atoms with Crippen molar-refractivity contribution < 1.29 is 13.6 Å². The van der Waals surface area contributed by atoms with Crippen LogP contribution in [-0.2, 0) is 12.4 Å². The Kier molecular flexibility index (Phi) is 4.58. The van der Waals surface area contributed by atoms with Gasteiger partial charge in [-0.15, -0.1) is 10.2 Å². The first kappa shape index (κ1) is 16.0. The SMILES string of the molecule is Clc1ccccc1OCc1nnc(SCc2nc3ccccc3o2)o1. The number of rotatable bonds is 6. The van der Waals surface area contributed by atoms with Gasteiger partial charge in [0.1, 0.15) is 11.3 Å². The van der Waals surface area contributed by atoms with Crippen LogP contribution in [0.15, 0.2) is 62.6 Å². The van der Waals surface area contributed by atoms with Crippen LogP contribution in [-0.4, -0.2) is 15.2 Å². The molecule has 2 heterocycles. The van der Waals surface area contributed by atoms with Crippen molar-refractivity contribution in [3.05, 3.63) is 65.3 Å². The first-order valence-electron chi connectivity index (χ1n) is 7.45. The number of hydrogen-bond acceptors (Lipinski definition) is 7. The average Bonchev–Trinajstić information content (AvgIpc) is 3.25. The highest BCUT2D eigenvalue weighted by Gasteiger charge is 2.11. The fourth-order valence-electron chi connectivity index (χ4n) is 2.16. The second-order valence-corrected chi connectivity index (χ2v) is 6.38. The second-order valence-electron chi connectivity index (χ2n) is 5.04. The fraction of sp³-hybridized carbons (Fsp3) is 0.118. The number of oxazole rings is 1. The Hall–Kier alpha value is -2.51. The molecule has 0 N–H and O–H groups in total. The van der Waals surface area contributed by atoms with E-state index in [0.29, 0.717) is 33.5 Å². The monoisotopic (exact) mass is 373 g/mol. The van der Waals surface area contributed by atoms with E-state index in [0.717, 1.165) is 11.1 Å². The Morgan fingerprint density at radius 3 is 2.68 bits per heavy atom. The van der Waals surface area contributed by atoms with Crippen molar-refractivity contribution in [2.75, 3.05) is 0 Å². The molecule has 25 heavy (non-hydrogen) atoms. The molecule has 126 valence electrons. The summed E-state index contributed by atoms with van der Waals surface area (Å²) in [5, 5.41) is 8.91. The van der Waals surface area contributed by atoms with E-state index in [1.807, 2.05) is 36.4 Å². The molecule has 2 aromatic heterocycles. The maximum absolute atomic E-state index is 6.03. The van der Waals surface area contributed by atoms with Crippen LogP contribution in [0.2, 0.25) is 5.02 Å². The lowest BCUT2D eigenvalue weighted by Crippen LogP contribution is -1.95. The lowest BCUT2D eigenvalue weighted by molar-refractivity contribution is 0.252. The van der Waals surface area contributed by atoms with E-state index in [4.69, 9.17) is 25.2 Å². The molecule has 0 atom stereocenters. The van der Waals surface area contributed by atoms with Crippen LogP contribution in [0.3, 0.4) is 0 Å². The number of hydrogen-bond donors (Lipinski definition) is 0. The van der Waals surface area contributed by atoms with Crippen LogP contribution < -0.4 is 4.74 Å². The predicted octanol–water partition coefficient (Wildman–Crippen LogP) is 4.74. The highest BCUT2D eigenvalue weighted by molar-refractivity contribution is 7.98. The van der Waals surface area contributed by atoms with Crippen molar-refractivity contribution in [1.82, 2.24) is 15.2 Å². The van der Waals surface area contributed by atoms with Crippen molar-refractivity contribution >= 4 is 34.5 Å². The summed E-state index contributed by atoms with van der Waals surface area (Å²) in [7, 11) is 0. The van der Waals surface area contributed by atoms with Gasteiger partial charge < -0.3 is 13.6 Å². The molecule has 0 spiro atoms. The number of para-hydroxylation sites is 3. The molecule has 0 amide bonds. The van der Waals surface area contributed by atoms with E-state index in [9.17, 15) is 0 Å². The summed E-state index contributed by atoms with van der Waals surface area (Å²) < 4.78 is 16.8. The van der Waals surface area contributed by atoms with Gasteiger partial charge in [-0.1, -0.05) is 47.6 Å². The summed E-state index contributed by atoms with van der Waals surface area (Å²) in [6.07, 6.45) is 0. The first-order valence-corrected chi connectivity index (χ1v) is 8.81. The van der Waals surface area contributed by atoms with Crippen LogP contribution in [0.5, 0.6) is 5.75 Å². The van der Waals surface area contributed by atoms with E-state index in [2.05, 4.69) is 15.2 Å². The molecule has 0 radical (unpaired) electrons. The Balaban J connectivity index is 1.35.